The summed E-state index contributed by atoms with van der Waals surface area (Å²) in [6, 6.07) is 30.2. The average Bonchev–Trinajstić information content (AvgIpc) is 2.62. The minimum atomic E-state index is 0.949. The molecule has 0 aliphatic carbocycles. The summed E-state index contributed by atoms with van der Waals surface area (Å²) in [5.74, 6) is 0. The van der Waals surface area contributed by atoms with Crippen LogP contribution in [0.15, 0.2) is 84.9 Å². The quantitative estimate of drug-likeness (QED) is 0.505. The van der Waals surface area contributed by atoms with E-state index in [1.807, 2.05) is 0 Å². The third kappa shape index (κ3) is 3.78. The smallest absolute Gasteiger partial charge is 0.00170 e. The molecule has 0 unspecified atom stereocenters. The minimum Gasteiger partial charge on any atom is -0.0622 e. The first kappa shape index (κ1) is 15.3. The van der Waals surface area contributed by atoms with Gasteiger partial charge in [0.05, 0.1) is 0 Å². The first-order chi connectivity index (χ1) is 11.2. The molecule has 3 aromatic rings. The van der Waals surface area contributed by atoms with Crippen molar-refractivity contribution >= 4 is 11.1 Å². The highest BCUT2D eigenvalue weighted by molar-refractivity contribution is 5.90. The summed E-state index contributed by atoms with van der Waals surface area (Å²) in [5.41, 5.74) is 7.98. The van der Waals surface area contributed by atoms with Gasteiger partial charge in [-0.15, -0.1) is 0 Å². The van der Waals surface area contributed by atoms with Gasteiger partial charge >= 0.3 is 0 Å². The molecule has 23 heavy (non-hydrogen) atoms. The zero-order chi connectivity index (χ0) is 16.1. The maximum atomic E-state index is 2.23. The lowest BCUT2D eigenvalue weighted by Crippen LogP contribution is -1.95. The SMILES string of the molecule is C/C(=C(\Cc1ccc(C)cc1)c1ccccc1)c1ccccc1. The van der Waals surface area contributed by atoms with Crippen LogP contribution in [0.3, 0.4) is 0 Å². The average molecular weight is 298 g/mol. The first-order valence-electron chi connectivity index (χ1n) is 8.10. The van der Waals surface area contributed by atoms with Crippen molar-refractivity contribution < 1.29 is 0 Å². The monoisotopic (exact) mass is 298 g/mol. The Morgan fingerprint density at radius 2 is 1.17 bits per heavy atom. The molecule has 0 aliphatic rings. The van der Waals surface area contributed by atoms with Crippen molar-refractivity contribution in [1.82, 2.24) is 0 Å². The molecule has 0 aromatic heterocycles. The van der Waals surface area contributed by atoms with Gasteiger partial charge in [0.2, 0.25) is 0 Å². The summed E-state index contributed by atoms with van der Waals surface area (Å²) in [6.45, 7) is 4.36. The lowest BCUT2D eigenvalue weighted by Gasteiger charge is -2.14. The number of hydrogen-bond acceptors (Lipinski definition) is 0. The van der Waals surface area contributed by atoms with E-state index in [1.54, 1.807) is 0 Å². The predicted octanol–water partition coefficient (Wildman–Crippen LogP) is 6.17. The fourth-order valence-electron chi connectivity index (χ4n) is 2.86. The third-order valence-electron chi connectivity index (χ3n) is 4.28. The molecule has 0 atom stereocenters. The van der Waals surface area contributed by atoms with Crippen molar-refractivity contribution in [1.29, 1.82) is 0 Å². The Kier molecular flexibility index (Phi) is 4.73. The van der Waals surface area contributed by atoms with Crippen molar-refractivity contribution in [2.75, 3.05) is 0 Å². The lowest BCUT2D eigenvalue weighted by molar-refractivity contribution is 1.26. The Bertz CT molecular complexity index is 778. The highest BCUT2D eigenvalue weighted by atomic mass is 14.1. The van der Waals surface area contributed by atoms with E-state index >= 15 is 0 Å². The number of allylic oxidation sites excluding steroid dienone is 2. The van der Waals surface area contributed by atoms with E-state index in [-0.39, 0.29) is 0 Å². The van der Waals surface area contributed by atoms with Crippen LogP contribution in [-0.2, 0) is 6.42 Å². The molecule has 0 nitrogen and oxygen atoms in total. The molecule has 0 aliphatic heterocycles. The van der Waals surface area contributed by atoms with E-state index in [9.17, 15) is 0 Å². The molecular weight excluding hydrogens is 276 g/mol. The molecule has 0 heteroatoms. The molecule has 3 aromatic carbocycles. The van der Waals surface area contributed by atoms with E-state index in [0.29, 0.717) is 0 Å². The van der Waals surface area contributed by atoms with Crippen molar-refractivity contribution in [2.24, 2.45) is 0 Å². The second kappa shape index (κ2) is 7.11. The lowest BCUT2D eigenvalue weighted by atomic mass is 9.91. The van der Waals surface area contributed by atoms with Crippen LogP contribution in [0.5, 0.6) is 0 Å². The Hall–Kier alpha value is -2.60. The molecule has 0 saturated carbocycles. The Labute approximate surface area is 139 Å². The predicted molar refractivity (Wildman–Crippen MR) is 100 cm³/mol. The van der Waals surface area contributed by atoms with Crippen molar-refractivity contribution in [3.63, 3.8) is 0 Å². The van der Waals surface area contributed by atoms with Crippen LogP contribution in [0.4, 0.5) is 0 Å². The molecule has 0 radical (unpaired) electrons. The molecule has 0 saturated heterocycles. The van der Waals surface area contributed by atoms with Crippen molar-refractivity contribution in [3.05, 3.63) is 107 Å². The molecule has 0 fully saturated rings. The molecule has 0 amide bonds. The van der Waals surface area contributed by atoms with Crippen molar-refractivity contribution in [3.8, 4) is 0 Å². The summed E-state index contributed by atoms with van der Waals surface area (Å²) >= 11 is 0. The summed E-state index contributed by atoms with van der Waals surface area (Å²) in [7, 11) is 0. The van der Waals surface area contributed by atoms with Crippen LogP contribution in [0, 0.1) is 6.92 Å². The maximum absolute atomic E-state index is 2.23. The van der Waals surface area contributed by atoms with Crippen LogP contribution >= 0.6 is 0 Å². The molecule has 3 rings (SSSR count). The highest BCUT2D eigenvalue weighted by Gasteiger charge is 2.09. The van der Waals surface area contributed by atoms with Gasteiger partial charge in [0.25, 0.3) is 0 Å². The van der Waals surface area contributed by atoms with Gasteiger partial charge in [-0.05, 0) is 48.1 Å². The molecule has 0 bridgehead atoms. The minimum absolute atomic E-state index is 0.949. The van der Waals surface area contributed by atoms with Crippen LogP contribution in [0.25, 0.3) is 11.1 Å². The van der Waals surface area contributed by atoms with Crippen LogP contribution in [0.2, 0.25) is 0 Å². The van der Waals surface area contributed by atoms with Gasteiger partial charge in [-0.1, -0.05) is 90.5 Å². The fourth-order valence-corrected chi connectivity index (χ4v) is 2.86. The summed E-state index contributed by atoms with van der Waals surface area (Å²) in [5, 5.41) is 0. The van der Waals surface area contributed by atoms with Gasteiger partial charge in [0.15, 0.2) is 0 Å². The van der Waals surface area contributed by atoms with Crippen LogP contribution < -0.4 is 0 Å². The summed E-state index contributed by atoms with van der Waals surface area (Å²) < 4.78 is 0. The second-order valence-corrected chi connectivity index (χ2v) is 6.00. The first-order valence-corrected chi connectivity index (χ1v) is 8.10. The van der Waals surface area contributed by atoms with Gasteiger partial charge in [-0.3, -0.25) is 0 Å². The normalized spacial score (nSPS) is 11.9. The molecule has 114 valence electrons. The van der Waals surface area contributed by atoms with E-state index in [0.717, 1.165) is 6.42 Å². The highest BCUT2D eigenvalue weighted by Crippen LogP contribution is 2.29. The maximum Gasteiger partial charge on any atom is -0.00170 e. The van der Waals surface area contributed by atoms with Crippen molar-refractivity contribution in [2.45, 2.75) is 20.3 Å². The van der Waals surface area contributed by atoms with E-state index < -0.39 is 0 Å². The number of benzene rings is 3. The largest absolute Gasteiger partial charge is 0.0622 e. The topological polar surface area (TPSA) is 0 Å². The zero-order valence-electron chi connectivity index (χ0n) is 13.8. The van der Waals surface area contributed by atoms with Crippen LogP contribution in [0.1, 0.15) is 29.2 Å². The van der Waals surface area contributed by atoms with Gasteiger partial charge < -0.3 is 0 Å². The van der Waals surface area contributed by atoms with Gasteiger partial charge in [-0.25, -0.2) is 0 Å². The van der Waals surface area contributed by atoms with Crippen LogP contribution in [-0.4, -0.2) is 0 Å². The molecule has 0 N–H and O–H groups in total. The zero-order valence-corrected chi connectivity index (χ0v) is 13.8. The summed E-state index contributed by atoms with van der Waals surface area (Å²) in [6.07, 6.45) is 0.949. The van der Waals surface area contributed by atoms with Gasteiger partial charge in [-0.2, -0.15) is 0 Å². The fraction of sp³-hybridized carbons (Fsp3) is 0.130. The Morgan fingerprint density at radius 3 is 1.74 bits per heavy atom. The summed E-state index contributed by atoms with van der Waals surface area (Å²) in [4.78, 5) is 0. The molecule has 0 spiro atoms. The van der Waals surface area contributed by atoms with E-state index in [4.69, 9.17) is 0 Å². The van der Waals surface area contributed by atoms with Gasteiger partial charge in [0, 0.05) is 0 Å². The Morgan fingerprint density at radius 1 is 0.652 bits per heavy atom. The molecule has 0 heterocycles. The Balaban J connectivity index is 2.05. The van der Waals surface area contributed by atoms with E-state index in [2.05, 4.69) is 98.8 Å². The molecular formula is C23H22. The third-order valence-corrected chi connectivity index (χ3v) is 4.28. The van der Waals surface area contributed by atoms with E-state index in [1.165, 1.54) is 33.4 Å². The van der Waals surface area contributed by atoms with Gasteiger partial charge in [0.1, 0.15) is 0 Å². The number of aryl methyl sites for hydroxylation is 1. The number of hydrogen-bond donors (Lipinski definition) is 0. The second-order valence-electron chi connectivity index (χ2n) is 6.00. The standard InChI is InChI=1S/C23H22/c1-18-13-15-20(16-14-18)17-23(22-11-7-4-8-12-22)19(2)21-9-5-3-6-10-21/h3-16H,17H2,1-2H3/b23-19-. The number of rotatable bonds is 4.